The largest absolute Gasteiger partial charge is 0.481 e. The molecule has 3 heteroatoms. The number of rotatable bonds is 1. The third kappa shape index (κ3) is 2.87. The Labute approximate surface area is 201 Å². The fourth-order valence-corrected chi connectivity index (χ4v) is 11.1. The van der Waals surface area contributed by atoms with Crippen LogP contribution in [-0.4, -0.2) is 22.3 Å². The van der Waals surface area contributed by atoms with Gasteiger partial charge in [-0.2, -0.15) is 0 Å². The maximum atomic E-state index is 12.8. The van der Waals surface area contributed by atoms with Crippen molar-refractivity contribution < 1.29 is 15.0 Å². The van der Waals surface area contributed by atoms with E-state index >= 15 is 0 Å². The van der Waals surface area contributed by atoms with Crippen LogP contribution in [0.2, 0.25) is 0 Å². The number of aliphatic hydroxyl groups excluding tert-OH is 1. The lowest BCUT2D eigenvalue weighted by Gasteiger charge is -2.71. The SMILES string of the molecule is C[C@H]1[C@H](C)CC[C@]2(C(=O)O)CC[C@]3(C)C(=CC[C@@H]4[C@@]5(C)C[C@H](O)CC(C)(C)[C@@H]5CC[C@]43C)[C@H]12. The highest BCUT2D eigenvalue weighted by Crippen LogP contribution is 2.75. The second-order valence-corrected chi connectivity index (χ2v) is 14.7. The first-order chi connectivity index (χ1) is 15.2. The normalized spacial score (nSPS) is 55.3. The van der Waals surface area contributed by atoms with Crippen molar-refractivity contribution in [1.82, 2.24) is 0 Å². The third-order valence-electron chi connectivity index (χ3n) is 13.1. The molecule has 0 bridgehead atoms. The minimum atomic E-state index is -0.565. The highest BCUT2D eigenvalue weighted by atomic mass is 16.4. The first kappa shape index (κ1) is 23.9. The molecule has 186 valence electrons. The maximum absolute atomic E-state index is 12.8. The van der Waals surface area contributed by atoms with Crippen molar-refractivity contribution in [3.63, 3.8) is 0 Å². The molecule has 0 radical (unpaired) electrons. The fourth-order valence-electron chi connectivity index (χ4n) is 11.1. The highest BCUT2D eigenvalue weighted by molar-refractivity contribution is 5.76. The van der Waals surface area contributed by atoms with E-state index in [-0.39, 0.29) is 33.7 Å². The Hall–Kier alpha value is -0.830. The number of hydrogen-bond acceptors (Lipinski definition) is 2. The Bertz CT molecular complexity index is 874. The Morgan fingerprint density at radius 2 is 1.64 bits per heavy atom. The van der Waals surface area contributed by atoms with Gasteiger partial charge in [0, 0.05) is 0 Å². The minimum absolute atomic E-state index is 0.0609. The molecule has 2 N–H and O–H groups in total. The van der Waals surface area contributed by atoms with Crippen LogP contribution in [0.1, 0.15) is 106 Å². The molecule has 5 aliphatic rings. The van der Waals surface area contributed by atoms with Crippen molar-refractivity contribution >= 4 is 5.97 Å². The third-order valence-corrected chi connectivity index (χ3v) is 13.1. The zero-order chi connectivity index (χ0) is 24.2. The highest BCUT2D eigenvalue weighted by Gasteiger charge is 2.69. The molecule has 0 heterocycles. The number of allylic oxidation sites excluding steroid dienone is 2. The molecular formula is C30H48O3. The molecule has 5 aliphatic carbocycles. The van der Waals surface area contributed by atoms with E-state index in [1.807, 2.05) is 0 Å². The van der Waals surface area contributed by atoms with Crippen molar-refractivity contribution in [1.29, 1.82) is 0 Å². The number of hydrogen-bond donors (Lipinski definition) is 2. The summed E-state index contributed by atoms with van der Waals surface area (Å²) in [6, 6.07) is 0. The zero-order valence-corrected chi connectivity index (χ0v) is 22.2. The van der Waals surface area contributed by atoms with Crippen LogP contribution in [0.4, 0.5) is 0 Å². The lowest BCUT2D eigenvalue weighted by atomic mass is 9.33. The van der Waals surface area contributed by atoms with Gasteiger partial charge in [0.15, 0.2) is 0 Å². The van der Waals surface area contributed by atoms with Gasteiger partial charge in [-0.15, -0.1) is 0 Å². The quantitative estimate of drug-likeness (QED) is 0.414. The summed E-state index contributed by atoms with van der Waals surface area (Å²) in [6.45, 7) is 17.0. The summed E-state index contributed by atoms with van der Waals surface area (Å²) < 4.78 is 0. The Morgan fingerprint density at radius 1 is 0.939 bits per heavy atom. The van der Waals surface area contributed by atoms with Crippen LogP contribution in [-0.2, 0) is 4.79 Å². The van der Waals surface area contributed by atoms with Crippen molar-refractivity contribution in [3.8, 4) is 0 Å². The molecule has 3 nitrogen and oxygen atoms in total. The van der Waals surface area contributed by atoms with Gasteiger partial charge in [-0.1, -0.05) is 60.1 Å². The molecule has 0 aromatic rings. The maximum Gasteiger partial charge on any atom is 0.310 e. The molecular weight excluding hydrogens is 408 g/mol. The Morgan fingerprint density at radius 3 is 2.30 bits per heavy atom. The number of aliphatic carboxylic acids is 1. The van der Waals surface area contributed by atoms with Gasteiger partial charge < -0.3 is 10.2 Å². The average molecular weight is 457 g/mol. The van der Waals surface area contributed by atoms with Gasteiger partial charge in [0.2, 0.25) is 0 Å². The number of carbonyl (C=O) groups is 1. The second-order valence-electron chi connectivity index (χ2n) is 14.7. The number of fused-ring (bicyclic) bond motifs is 7. The summed E-state index contributed by atoms with van der Waals surface area (Å²) in [4.78, 5) is 12.8. The predicted octanol–water partition coefficient (Wildman–Crippen LogP) is 7.09. The molecule has 0 aromatic heterocycles. The molecule has 33 heavy (non-hydrogen) atoms. The second kappa shape index (κ2) is 7.11. The molecule has 0 aliphatic heterocycles. The first-order valence-electron chi connectivity index (χ1n) is 13.8. The predicted molar refractivity (Wildman–Crippen MR) is 133 cm³/mol. The van der Waals surface area contributed by atoms with Gasteiger partial charge >= 0.3 is 5.97 Å². The first-order valence-corrected chi connectivity index (χ1v) is 13.8. The van der Waals surface area contributed by atoms with Gasteiger partial charge in [-0.3, -0.25) is 4.79 Å². The molecule has 0 unspecified atom stereocenters. The van der Waals surface area contributed by atoms with Crippen LogP contribution in [0, 0.1) is 56.7 Å². The van der Waals surface area contributed by atoms with Gasteiger partial charge in [0.25, 0.3) is 0 Å². The van der Waals surface area contributed by atoms with E-state index < -0.39 is 11.4 Å². The molecule has 0 saturated heterocycles. The Kier molecular flexibility index (Phi) is 5.15. The summed E-state index contributed by atoms with van der Waals surface area (Å²) in [5.74, 6) is 1.84. The van der Waals surface area contributed by atoms with E-state index in [0.29, 0.717) is 23.7 Å². The van der Waals surface area contributed by atoms with Gasteiger partial charge in [0.05, 0.1) is 11.5 Å². The van der Waals surface area contributed by atoms with Crippen molar-refractivity contribution in [3.05, 3.63) is 11.6 Å². The summed E-state index contributed by atoms with van der Waals surface area (Å²) in [5.41, 5.74) is 1.49. The van der Waals surface area contributed by atoms with E-state index in [9.17, 15) is 15.0 Å². The van der Waals surface area contributed by atoms with E-state index in [1.165, 1.54) is 18.4 Å². The van der Waals surface area contributed by atoms with E-state index in [1.54, 1.807) is 0 Å². The monoisotopic (exact) mass is 456 g/mol. The summed E-state index contributed by atoms with van der Waals surface area (Å²) >= 11 is 0. The number of carboxylic acid groups (broad SMARTS) is 1. The molecule has 0 spiro atoms. The van der Waals surface area contributed by atoms with Crippen molar-refractivity contribution in [2.75, 3.05) is 0 Å². The van der Waals surface area contributed by atoms with Gasteiger partial charge in [0.1, 0.15) is 0 Å². The standard InChI is InChI=1S/C30H48O3/c1-18-10-13-30(25(32)33)15-14-28(6)21(24(30)19(18)2)8-9-23-27(5)17-20(31)16-26(3,4)22(27)11-12-29(23,28)7/h8,18-20,22-24,31H,9-17H2,1-7H3,(H,32,33)/t18-,19+,20-,22+,23-,24+,27+,28-,29-,30+/m1/s1. The van der Waals surface area contributed by atoms with E-state index in [0.717, 1.165) is 44.9 Å². The van der Waals surface area contributed by atoms with Crippen LogP contribution in [0.15, 0.2) is 11.6 Å². The van der Waals surface area contributed by atoms with Crippen LogP contribution in [0.5, 0.6) is 0 Å². The average Bonchev–Trinajstić information content (AvgIpc) is 2.69. The lowest BCUT2D eigenvalue weighted by molar-refractivity contribution is -0.202. The van der Waals surface area contributed by atoms with Gasteiger partial charge in [-0.25, -0.2) is 0 Å². The molecule has 5 rings (SSSR count). The topological polar surface area (TPSA) is 57.5 Å². The van der Waals surface area contributed by atoms with Crippen LogP contribution >= 0.6 is 0 Å². The van der Waals surface area contributed by atoms with Crippen molar-refractivity contribution in [2.45, 2.75) is 112 Å². The number of aliphatic hydroxyl groups is 1. The van der Waals surface area contributed by atoms with E-state index in [4.69, 9.17) is 0 Å². The summed E-state index contributed by atoms with van der Waals surface area (Å²) in [5, 5.41) is 21.5. The summed E-state index contributed by atoms with van der Waals surface area (Å²) in [6.07, 6.45) is 11.4. The molecule has 0 amide bonds. The fraction of sp³-hybridized carbons (Fsp3) is 0.900. The van der Waals surface area contributed by atoms with Crippen molar-refractivity contribution in [2.24, 2.45) is 56.7 Å². The van der Waals surface area contributed by atoms with Crippen LogP contribution < -0.4 is 0 Å². The minimum Gasteiger partial charge on any atom is -0.481 e. The molecule has 4 saturated carbocycles. The molecule has 10 atom stereocenters. The van der Waals surface area contributed by atoms with Crippen LogP contribution in [0.3, 0.4) is 0 Å². The number of carboxylic acids is 1. The molecule has 0 aromatic carbocycles. The van der Waals surface area contributed by atoms with Crippen LogP contribution in [0.25, 0.3) is 0 Å². The lowest BCUT2D eigenvalue weighted by Crippen LogP contribution is -2.65. The smallest absolute Gasteiger partial charge is 0.310 e. The summed E-state index contributed by atoms with van der Waals surface area (Å²) in [7, 11) is 0. The zero-order valence-electron chi connectivity index (χ0n) is 22.2. The Balaban J connectivity index is 1.62. The van der Waals surface area contributed by atoms with E-state index in [2.05, 4.69) is 54.5 Å². The van der Waals surface area contributed by atoms with Gasteiger partial charge in [-0.05, 0) is 109 Å². The molecule has 4 fully saturated rings.